The van der Waals surface area contributed by atoms with Crippen molar-refractivity contribution in [1.82, 2.24) is 31.5 Å². The zero-order valence-electron chi connectivity index (χ0n) is 48.1. The van der Waals surface area contributed by atoms with Gasteiger partial charge in [-0.3, -0.25) is 33.6 Å². The number of hydrogen-bond acceptors (Lipinski definition) is 13. The van der Waals surface area contributed by atoms with Crippen LogP contribution in [0.4, 0.5) is 0 Å². The van der Waals surface area contributed by atoms with Crippen LogP contribution < -0.4 is 32.3 Å². The van der Waals surface area contributed by atoms with Crippen LogP contribution in [0, 0.1) is 5.92 Å². The fraction of sp³-hybridized carbons (Fsp3) is 0.860. The molecule has 1 heterocycles. The van der Waals surface area contributed by atoms with Crippen LogP contribution in [0.25, 0.3) is 0 Å². The minimum Gasteiger partial charge on any atom is -0.467 e. The Hall–Kier alpha value is -3.03. The van der Waals surface area contributed by atoms with Gasteiger partial charge in [-0.2, -0.15) is 23.5 Å². The molecule has 440 valence electrons. The van der Waals surface area contributed by atoms with E-state index >= 15 is 0 Å². The second kappa shape index (κ2) is 46.8. The first-order chi connectivity index (χ1) is 36.7. The first-order valence-corrected chi connectivity index (χ1v) is 33.0. The molecule has 0 aromatic rings. The highest BCUT2D eigenvalue weighted by atomic mass is 32.2. The standard InChI is InChI=1S/C57H105N7O9S3/c1-7-9-11-13-15-17-19-20-21-23-25-27-29-31-37-75-42-48(57(72)73-5)63-55(70)49-33-32-36-64(49)56(71)46(39-44(3)4)60-51(66)41-59-53(68)45(35-38-74-6)62-54(69)47(61-50(65)40-58)43-76-52(67)34-30-28-26-24-22-18-16-14-12-10-8-2/h44-49H,7-43,58H2,1-6H3,(H,59,68)(H,60,66)(H,61,65)(H,62,69)(H,63,70)/t45-,46-,47-,48-,49-/m0/s1. The lowest BCUT2D eigenvalue weighted by Crippen LogP contribution is -2.57. The van der Waals surface area contributed by atoms with Gasteiger partial charge in [-0.05, 0) is 62.2 Å². The molecule has 0 aromatic carbocycles. The summed E-state index contributed by atoms with van der Waals surface area (Å²) >= 11 is 4.03. The highest BCUT2D eigenvalue weighted by Gasteiger charge is 2.39. The van der Waals surface area contributed by atoms with Crippen LogP contribution in [0.15, 0.2) is 0 Å². The number of ether oxygens (including phenoxy) is 1. The fourth-order valence-corrected chi connectivity index (χ4v) is 11.7. The summed E-state index contributed by atoms with van der Waals surface area (Å²) in [5, 5.41) is 13.4. The number of nitrogens with two attached hydrogens (primary N) is 1. The van der Waals surface area contributed by atoms with Crippen LogP contribution in [0.3, 0.4) is 0 Å². The molecule has 6 amide bonds. The molecule has 1 fully saturated rings. The van der Waals surface area contributed by atoms with Crippen molar-refractivity contribution in [2.45, 2.75) is 251 Å². The number of nitrogens with zero attached hydrogens (tertiary/aromatic N) is 1. The monoisotopic (exact) mass is 1130 g/mol. The Bertz CT molecular complexity index is 1630. The van der Waals surface area contributed by atoms with E-state index in [4.69, 9.17) is 10.5 Å². The average molecular weight is 1130 g/mol. The SMILES string of the molecule is CCCCCCCCCCCCCCCCSC[C@H](NC(=O)[C@@H]1CCCN1C(=O)[C@H](CC(C)C)NC(=O)CNC(=O)[C@H](CCSC)NC(=O)[C@H](CSC(=O)CCCCCCCCCCCCC)NC(=O)CN)C(=O)OC. The summed E-state index contributed by atoms with van der Waals surface area (Å²) < 4.78 is 5.05. The van der Waals surface area contributed by atoms with Crippen molar-refractivity contribution in [1.29, 1.82) is 0 Å². The van der Waals surface area contributed by atoms with Crippen molar-refractivity contribution >= 4 is 81.8 Å². The van der Waals surface area contributed by atoms with Gasteiger partial charge < -0.3 is 42.0 Å². The summed E-state index contributed by atoms with van der Waals surface area (Å²) in [6, 6.07) is -4.92. The van der Waals surface area contributed by atoms with Gasteiger partial charge in [0, 0.05) is 24.5 Å². The van der Waals surface area contributed by atoms with Crippen molar-refractivity contribution < 1.29 is 43.1 Å². The molecule has 7 N–H and O–H groups in total. The van der Waals surface area contributed by atoms with Crippen molar-refractivity contribution in [3.8, 4) is 0 Å². The third-order valence-electron chi connectivity index (χ3n) is 13.8. The van der Waals surface area contributed by atoms with Gasteiger partial charge in [0.2, 0.25) is 35.4 Å². The number of methoxy groups -OCH3 is 1. The van der Waals surface area contributed by atoms with Crippen molar-refractivity contribution in [2.24, 2.45) is 11.7 Å². The maximum absolute atomic E-state index is 14.2. The Morgan fingerprint density at radius 3 is 1.64 bits per heavy atom. The molecule has 1 aliphatic heterocycles. The van der Waals surface area contributed by atoms with E-state index in [9.17, 15) is 38.4 Å². The van der Waals surface area contributed by atoms with E-state index in [-0.39, 0.29) is 36.2 Å². The molecule has 0 aliphatic carbocycles. The smallest absolute Gasteiger partial charge is 0.329 e. The van der Waals surface area contributed by atoms with E-state index in [0.29, 0.717) is 37.3 Å². The molecule has 0 radical (unpaired) electrons. The van der Waals surface area contributed by atoms with Gasteiger partial charge in [0.25, 0.3) is 0 Å². The molecule has 1 aliphatic rings. The number of carbonyl (C=O) groups excluding carboxylic acids is 8. The number of carbonyl (C=O) groups is 8. The Labute approximate surface area is 472 Å². The maximum Gasteiger partial charge on any atom is 0.329 e. The van der Waals surface area contributed by atoms with Crippen molar-refractivity contribution in [3.05, 3.63) is 0 Å². The number of thioether (sulfide) groups is 3. The molecule has 0 bridgehead atoms. The second-order valence-electron chi connectivity index (χ2n) is 21.0. The van der Waals surface area contributed by atoms with E-state index < -0.39 is 78.2 Å². The molecule has 16 nitrogen and oxygen atoms in total. The lowest BCUT2D eigenvalue weighted by Gasteiger charge is -2.30. The van der Waals surface area contributed by atoms with E-state index in [2.05, 4.69) is 40.4 Å². The maximum atomic E-state index is 14.2. The van der Waals surface area contributed by atoms with E-state index in [1.165, 1.54) is 146 Å². The highest BCUT2D eigenvalue weighted by molar-refractivity contribution is 8.13. The minimum absolute atomic E-state index is 0.0176. The molecule has 0 unspecified atom stereocenters. The van der Waals surface area contributed by atoms with Crippen LogP contribution in [0.2, 0.25) is 0 Å². The van der Waals surface area contributed by atoms with E-state index in [1.54, 1.807) is 11.8 Å². The third kappa shape index (κ3) is 34.8. The lowest BCUT2D eigenvalue weighted by atomic mass is 10.0. The van der Waals surface area contributed by atoms with E-state index in [0.717, 1.165) is 56.0 Å². The number of esters is 1. The van der Waals surface area contributed by atoms with Crippen molar-refractivity contribution in [2.75, 3.05) is 56.0 Å². The number of amides is 6. The van der Waals surface area contributed by atoms with Crippen molar-refractivity contribution in [3.63, 3.8) is 0 Å². The van der Waals surface area contributed by atoms with Gasteiger partial charge in [0.15, 0.2) is 5.12 Å². The molecule has 76 heavy (non-hydrogen) atoms. The summed E-state index contributed by atoms with van der Waals surface area (Å²) in [5.74, 6) is -2.31. The predicted molar refractivity (Wildman–Crippen MR) is 315 cm³/mol. The third-order valence-corrected chi connectivity index (χ3v) is 16.6. The van der Waals surface area contributed by atoms with Crippen LogP contribution in [-0.2, 0) is 43.1 Å². The van der Waals surface area contributed by atoms with Crippen LogP contribution in [-0.4, -0.2) is 138 Å². The quantitative estimate of drug-likeness (QED) is 0.0247. The fourth-order valence-electron chi connectivity index (χ4n) is 9.31. The van der Waals surface area contributed by atoms with Gasteiger partial charge in [-0.15, -0.1) is 0 Å². The molecule has 0 aromatic heterocycles. The van der Waals surface area contributed by atoms with Gasteiger partial charge in [-0.1, -0.05) is 187 Å². The van der Waals surface area contributed by atoms with Crippen LogP contribution >= 0.6 is 35.3 Å². The highest BCUT2D eigenvalue weighted by Crippen LogP contribution is 2.22. The first-order valence-electron chi connectivity index (χ1n) is 29.5. The molecule has 1 saturated heterocycles. The van der Waals surface area contributed by atoms with Gasteiger partial charge in [0.05, 0.1) is 20.2 Å². The lowest BCUT2D eigenvalue weighted by molar-refractivity contribution is -0.146. The van der Waals surface area contributed by atoms with E-state index in [1.807, 2.05) is 20.1 Å². The Morgan fingerprint density at radius 1 is 0.605 bits per heavy atom. The molecular weight excluding hydrogens is 1020 g/mol. The number of nitrogens with one attached hydrogen (secondary N) is 5. The van der Waals surface area contributed by atoms with Gasteiger partial charge in [0.1, 0.15) is 30.2 Å². The Kier molecular flexibility index (Phi) is 43.7. The topological polar surface area (TPSA) is 235 Å². The first kappa shape index (κ1) is 71.0. The molecular formula is C57H105N7O9S3. The number of hydrogen-bond donors (Lipinski definition) is 6. The second-order valence-corrected chi connectivity index (χ2v) is 24.3. The Morgan fingerprint density at radius 2 is 1.13 bits per heavy atom. The molecule has 1 rings (SSSR count). The summed E-state index contributed by atoms with van der Waals surface area (Å²) in [4.78, 5) is 108. The largest absolute Gasteiger partial charge is 0.467 e. The van der Waals surface area contributed by atoms with Gasteiger partial charge in [-0.25, -0.2) is 4.79 Å². The van der Waals surface area contributed by atoms with Crippen LogP contribution in [0.5, 0.6) is 0 Å². The summed E-state index contributed by atoms with van der Waals surface area (Å²) in [6.45, 7) is 7.73. The minimum atomic E-state index is -1.14. The Balaban J connectivity index is 2.74. The zero-order valence-corrected chi connectivity index (χ0v) is 50.5. The van der Waals surface area contributed by atoms with Gasteiger partial charge >= 0.3 is 5.97 Å². The number of rotatable bonds is 48. The molecule has 0 saturated carbocycles. The number of likely N-dealkylation sites (tertiary alicyclic amines) is 1. The summed E-state index contributed by atoms with van der Waals surface area (Å²) in [7, 11) is 1.29. The zero-order chi connectivity index (χ0) is 56.2. The average Bonchev–Trinajstić information content (AvgIpc) is 3.91. The summed E-state index contributed by atoms with van der Waals surface area (Å²) in [5.41, 5.74) is 5.55. The van der Waals surface area contributed by atoms with Crippen LogP contribution in [0.1, 0.15) is 220 Å². The molecule has 5 atom stereocenters. The molecule has 0 spiro atoms. The number of unbranched alkanes of at least 4 members (excludes halogenated alkanes) is 23. The summed E-state index contributed by atoms with van der Waals surface area (Å²) in [6.07, 6.45) is 34.4. The normalized spacial score (nSPS) is 14.9. The predicted octanol–water partition coefficient (Wildman–Crippen LogP) is 9.14. The molecule has 19 heteroatoms.